The summed E-state index contributed by atoms with van der Waals surface area (Å²) in [6.07, 6.45) is 3.43. The van der Waals surface area contributed by atoms with Crippen LogP contribution >= 0.6 is 0 Å². The minimum absolute atomic E-state index is 0.174. The van der Waals surface area contributed by atoms with Crippen molar-refractivity contribution >= 4 is 5.95 Å². The van der Waals surface area contributed by atoms with Crippen molar-refractivity contribution in [2.45, 2.75) is 13.1 Å². The molecule has 102 valence electrons. The lowest BCUT2D eigenvalue weighted by Gasteiger charge is -2.10. The second kappa shape index (κ2) is 6.29. The first-order chi connectivity index (χ1) is 9.20. The van der Waals surface area contributed by atoms with Crippen LogP contribution in [0.4, 0.5) is 14.7 Å². The van der Waals surface area contributed by atoms with Crippen molar-refractivity contribution in [2.24, 2.45) is 0 Å². The second-order valence-corrected chi connectivity index (χ2v) is 4.03. The number of aromatic nitrogens is 2. The molecule has 1 N–H and O–H groups in total. The molecule has 1 aromatic carbocycles. The van der Waals surface area contributed by atoms with Gasteiger partial charge in [0.05, 0.1) is 6.61 Å². The number of hydrogen-bond acceptors (Lipinski definition) is 3. The molecule has 0 aliphatic rings. The van der Waals surface area contributed by atoms with Gasteiger partial charge < -0.3 is 14.6 Å². The molecule has 0 atom stereocenters. The quantitative estimate of drug-likeness (QED) is 0.873. The third-order valence-electron chi connectivity index (χ3n) is 2.70. The Morgan fingerprint density at radius 1 is 1.37 bits per heavy atom. The Bertz CT molecular complexity index is 542. The molecule has 19 heavy (non-hydrogen) atoms. The molecule has 6 heteroatoms. The van der Waals surface area contributed by atoms with Crippen molar-refractivity contribution < 1.29 is 13.5 Å². The van der Waals surface area contributed by atoms with E-state index in [9.17, 15) is 8.78 Å². The van der Waals surface area contributed by atoms with E-state index in [1.165, 1.54) is 6.07 Å². The number of benzene rings is 1. The van der Waals surface area contributed by atoms with E-state index in [0.717, 1.165) is 12.1 Å². The molecule has 0 aliphatic carbocycles. The van der Waals surface area contributed by atoms with E-state index in [2.05, 4.69) is 10.3 Å². The van der Waals surface area contributed by atoms with Gasteiger partial charge in [-0.3, -0.25) is 0 Å². The highest BCUT2D eigenvalue weighted by Gasteiger charge is 2.06. The van der Waals surface area contributed by atoms with Crippen LogP contribution in [0.2, 0.25) is 0 Å². The molecule has 4 nitrogen and oxygen atoms in total. The monoisotopic (exact) mass is 267 g/mol. The van der Waals surface area contributed by atoms with Crippen molar-refractivity contribution in [3.63, 3.8) is 0 Å². The van der Waals surface area contributed by atoms with E-state index in [-0.39, 0.29) is 12.1 Å². The number of nitrogens with zero attached hydrogens (tertiary/aromatic N) is 2. The number of imidazole rings is 1. The summed E-state index contributed by atoms with van der Waals surface area (Å²) < 4.78 is 33.3. The number of rotatable bonds is 6. The predicted octanol–water partition coefficient (Wildman–Crippen LogP) is 2.42. The zero-order valence-corrected chi connectivity index (χ0v) is 10.6. The lowest BCUT2D eigenvalue weighted by Crippen LogP contribution is -2.10. The number of methoxy groups -OCH3 is 1. The fourth-order valence-electron chi connectivity index (χ4n) is 1.70. The number of nitrogens with one attached hydrogen (secondary N) is 1. The van der Waals surface area contributed by atoms with Crippen molar-refractivity contribution in [3.05, 3.63) is 47.8 Å². The van der Waals surface area contributed by atoms with Crippen LogP contribution in [0.15, 0.2) is 30.6 Å². The zero-order chi connectivity index (χ0) is 13.7. The van der Waals surface area contributed by atoms with Gasteiger partial charge in [-0.05, 0) is 18.2 Å². The predicted molar refractivity (Wildman–Crippen MR) is 67.8 cm³/mol. The summed E-state index contributed by atoms with van der Waals surface area (Å²) in [5.41, 5.74) is 0.265. The van der Waals surface area contributed by atoms with Gasteiger partial charge in [0.1, 0.15) is 11.6 Å². The van der Waals surface area contributed by atoms with Crippen molar-refractivity contribution in [3.8, 4) is 0 Å². The van der Waals surface area contributed by atoms with Gasteiger partial charge >= 0.3 is 0 Å². The molecule has 0 aliphatic heterocycles. The molecule has 0 amide bonds. The zero-order valence-electron chi connectivity index (χ0n) is 10.6. The van der Waals surface area contributed by atoms with Crippen LogP contribution in [0.25, 0.3) is 0 Å². The molecule has 0 spiro atoms. The van der Waals surface area contributed by atoms with E-state index >= 15 is 0 Å². The van der Waals surface area contributed by atoms with Gasteiger partial charge in [-0.15, -0.1) is 0 Å². The van der Waals surface area contributed by atoms with Crippen molar-refractivity contribution in [2.75, 3.05) is 19.0 Å². The molecule has 0 saturated carbocycles. The Morgan fingerprint density at radius 3 is 3.00 bits per heavy atom. The SMILES string of the molecule is COCCn1ccnc1NCc1cc(F)ccc1F. The molecule has 2 rings (SSSR count). The van der Waals surface area contributed by atoms with E-state index in [1.54, 1.807) is 19.5 Å². The Morgan fingerprint density at radius 2 is 2.21 bits per heavy atom. The molecule has 0 fully saturated rings. The van der Waals surface area contributed by atoms with Crippen molar-refractivity contribution in [1.82, 2.24) is 9.55 Å². The molecule has 2 aromatic rings. The highest BCUT2D eigenvalue weighted by atomic mass is 19.1. The smallest absolute Gasteiger partial charge is 0.203 e. The van der Waals surface area contributed by atoms with E-state index in [0.29, 0.717) is 19.1 Å². The highest BCUT2D eigenvalue weighted by Crippen LogP contribution is 2.12. The average Bonchev–Trinajstić information content (AvgIpc) is 2.85. The maximum absolute atomic E-state index is 13.4. The van der Waals surface area contributed by atoms with Crippen LogP contribution in [-0.2, 0) is 17.8 Å². The van der Waals surface area contributed by atoms with Gasteiger partial charge in [0.15, 0.2) is 0 Å². The third kappa shape index (κ3) is 3.51. The minimum Gasteiger partial charge on any atom is -0.383 e. The summed E-state index contributed by atoms with van der Waals surface area (Å²) in [5, 5.41) is 2.98. The topological polar surface area (TPSA) is 39.1 Å². The van der Waals surface area contributed by atoms with Gasteiger partial charge in [0, 0.05) is 38.2 Å². The van der Waals surface area contributed by atoms with E-state index in [1.807, 2.05) is 4.57 Å². The number of halogens is 2. The molecule has 0 radical (unpaired) electrons. The van der Waals surface area contributed by atoms with Gasteiger partial charge in [0.2, 0.25) is 5.95 Å². The Balaban J connectivity index is 2.02. The summed E-state index contributed by atoms with van der Waals surface area (Å²) >= 11 is 0. The van der Waals surface area contributed by atoms with Gasteiger partial charge in [-0.25, -0.2) is 13.8 Å². The fraction of sp³-hybridized carbons (Fsp3) is 0.308. The highest BCUT2D eigenvalue weighted by molar-refractivity contribution is 5.29. The first-order valence-electron chi connectivity index (χ1n) is 5.88. The summed E-state index contributed by atoms with van der Waals surface area (Å²) in [6.45, 7) is 1.37. The molecular weight excluding hydrogens is 252 g/mol. The maximum Gasteiger partial charge on any atom is 0.203 e. The van der Waals surface area contributed by atoms with Crippen LogP contribution in [0, 0.1) is 11.6 Å². The second-order valence-electron chi connectivity index (χ2n) is 4.03. The molecular formula is C13H15F2N3O. The number of hydrogen-bond donors (Lipinski definition) is 1. The van der Waals surface area contributed by atoms with Crippen LogP contribution in [0.1, 0.15) is 5.56 Å². The molecule has 0 bridgehead atoms. The Hall–Kier alpha value is -1.95. The minimum atomic E-state index is -0.457. The number of ether oxygens (including phenoxy) is 1. The molecule has 1 aromatic heterocycles. The Kier molecular flexibility index (Phi) is 4.46. The Labute approximate surface area is 110 Å². The third-order valence-corrected chi connectivity index (χ3v) is 2.70. The molecule has 0 saturated heterocycles. The van der Waals surface area contributed by atoms with Crippen LogP contribution < -0.4 is 5.32 Å². The van der Waals surface area contributed by atoms with E-state index in [4.69, 9.17) is 4.74 Å². The summed E-state index contributed by atoms with van der Waals surface area (Å²) in [5.74, 6) is -0.300. The lowest BCUT2D eigenvalue weighted by atomic mass is 10.2. The maximum atomic E-state index is 13.4. The fourth-order valence-corrected chi connectivity index (χ4v) is 1.70. The largest absolute Gasteiger partial charge is 0.383 e. The van der Waals surface area contributed by atoms with Gasteiger partial charge in [-0.2, -0.15) is 0 Å². The summed E-state index contributed by atoms with van der Waals surface area (Å²) in [4.78, 5) is 4.12. The first-order valence-corrected chi connectivity index (χ1v) is 5.88. The van der Waals surface area contributed by atoms with Crippen LogP contribution in [0.5, 0.6) is 0 Å². The standard InChI is InChI=1S/C13H15F2N3O/c1-19-7-6-18-5-4-16-13(18)17-9-10-8-11(14)2-3-12(10)15/h2-5,8H,6-7,9H2,1H3,(H,16,17). The average molecular weight is 267 g/mol. The molecule has 0 unspecified atom stereocenters. The first kappa shape index (κ1) is 13.5. The number of anilines is 1. The van der Waals surface area contributed by atoms with E-state index < -0.39 is 11.6 Å². The van der Waals surface area contributed by atoms with Crippen molar-refractivity contribution in [1.29, 1.82) is 0 Å². The van der Waals surface area contributed by atoms with Crippen LogP contribution in [0.3, 0.4) is 0 Å². The summed E-state index contributed by atoms with van der Waals surface area (Å²) in [7, 11) is 1.62. The lowest BCUT2D eigenvalue weighted by molar-refractivity contribution is 0.187. The van der Waals surface area contributed by atoms with Gasteiger partial charge in [-0.1, -0.05) is 0 Å². The molecule has 1 heterocycles. The summed E-state index contributed by atoms with van der Waals surface area (Å²) in [6, 6.07) is 3.38. The van der Waals surface area contributed by atoms with Crippen LogP contribution in [-0.4, -0.2) is 23.3 Å². The normalized spacial score (nSPS) is 10.7. The van der Waals surface area contributed by atoms with Gasteiger partial charge in [0.25, 0.3) is 0 Å².